The van der Waals surface area contributed by atoms with Crippen molar-refractivity contribution in [2.75, 3.05) is 0 Å². The Morgan fingerprint density at radius 3 is 2.21 bits per heavy atom. The fraction of sp³-hybridized carbons (Fsp3) is 0.778. The molecule has 5 heteroatoms. The highest BCUT2D eigenvalue weighted by atomic mass is 16.4. The van der Waals surface area contributed by atoms with E-state index in [-0.39, 0.29) is 17.9 Å². The van der Waals surface area contributed by atoms with Crippen molar-refractivity contribution < 1.29 is 14.7 Å². The van der Waals surface area contributed by atoms with Gasteiger partial charge in [0.05, 0.1) is 0 Å². The van der Waals surface area contributed by atoms with Crippen LogP contribution in [0.25, 0.3) is 0 Å². The largest absolute Gasteiger partial charge is 0.480 e. The first-order valence-corrected chi connectivity index (χ1v) is 4.68. The van der Waals surface area contributed by atoms with Gasteiger partial charge in [-0.25, -0.2) is 4.79 Å². The molecule has 0 aromatic carbocycles. The normalized spacial score (nSPS) is 16.9. The van der Waals surface area contributed by atoms with Gasteiger partial charge in [-0.1, -0.05) is 13.8 Å². The van der Waals surface area contributed by atoms with Crippen LogP contribution in [0.15, 0.2) is 0 Å². The Morgan fingerprint density at radius 2 is 1.93 bits per heavy atom. The van der Waals surface area contributed by atoms with Gasteiger partial charge in [-0.3, -0.25) is 4.79 Å². The predicted octanol–water partition coefficient (Wildman–Crippen LogP) is -0.0509. The van der Waals surface area contributed by atoms with Crippen LogP contribution >= 0.6 is 0 Å². The molecule has 0 spiro atoms. The van der Waals surface area contributed by atoms with Crippen molar-refractivity contribution in [1.82, 2.24) is 5.32 Å². The summed E-state index contributed by atoms with van der Waals surface area (Å²) in [6.07, 6.45) is 0.368. The monoisotopic (exact) mass is 202 g/mol. The molecule has 0 bridgehead atoms. The van der Waals surface area contributed by atoms with Gasteiger partial charge >= 0.3 is 5.97 Å². The van der Waals surface area contributed by atoms with E-state index in [1.54, 1.807) is 20.8 Å². The Hall–Kier alpha value is -1.10. The van der Waals surface area contributed by atoms with Gasteiger partial charge in [0.25, 0.3) is 0 Å². The number of nitrogens with two attached hydrogens (primary N) is 1. The Morgan fingerprint density at radius 1 is 1.43 bits per heavy atom. The van der Waals surface area contributed by atoms with Gasteiger partial charge in [0.1, 0.15) is 6.04 Å². The lowest BCUT2D eigenvalue weighted by Gasteiger charge is -2.18. The first-order valence-electron chi connectivity index (χ1n) is 4.68. The minimum atomic E-state index is -1.02. The van der Waals surface area contributed by atoms with Gasteiger partial charge in [-0.2, -0.15) is 0 Å². The molecule has 14 heavy (non-hydrogen) atoms. The van der Waals surface area contributed by atoms with Gasteiger partial charge in [0.15, 0.2) is 0 Å². The lowest BCUT2D eigenvalue weighted by molar-refractivity contribution is -0.142. The van der Waals surface area contributed by atoms with E-state index in [2.05, 4.69) is 5.32 Å². The van der Waals surface area contributed by atoms with Gasteiger partial charge in [0, 0.05) is 12.0 Å². The fourth-order valence-corrected chi connectivity index (χ4v) is 0.880. The number of rotatable bonds is 5. The van der Waals surface area contributed by atoms with Crippen LogP contribution in [0.1, 0.15) is 27.2 Å². The van der Waals surface area contributed by atoms with Crippen LogP contribution in [0.2, 0.25) is 0 Å². The second kappa shape index (κ2) is 5.59. The fourth-order valence-electron chi connectivity index (χ4n) is 0.880. The molecule has 1 amide bonds. The summed E-state index contributed by atoms with van der Waals surface area (Å²) in [7, 11) is 0. The van der Waals surface area contributed by atoms with E-state index >= 15 is 0 Å². The number of aliphatic carboxylic acids is 1. The minimum absolute atomic E-state index is 0.277. The van der Waals surface area contributed by atoms with Crippen molar-refractivity contribution in [3.05, 3.63) is 0 Å². The molecule has 0 aliphatic rings. The molecule has 4 N–H and O–H groups in total. The molecular weight excluding hydrogens is 184 g/mol. The topological polar surface area (TPSA) is 92.4 Å². The number of carbonyl (C=O) groups excluding carboxylic acids is 1. The van der Waals surface area contributed by atoms with Crippen molar-refractivity contribution >= 4 is 11.9 Å². The molecule has 0 aliphatic carbocycles. The number of carbonyl (C=O) groups is 2. The SMILES string of the molecule is CC[C@@H](NC(=O)C(C)C(C)N)C(=O)O. The Kier molecular flexibility index (Phi) is 5.15. The number of nitrogens with one attached hydrogen (secondary N) is 1. The zero-order valence-corrected chi connectivity index (χ0v) is 8.78. The smallest absolute Gasteiger partial charge is 0.326 e. The minimum Gasteiger partial charge on any atom is -0.480 e. The van der Waals surface area contributed by atoms with Crippen LogP contribution in [0.3, 0.4) is 0 Å². The van der Waals surface area contributed by atoms with E-state index in [0.717, 1.165) is 0 Å². The zero-order valence-electron chi connectivity index (χ0n) is 8.78. The van der Waals surface area contributed by atoms with Gasteiger partial charge in [0.2, 0.25) is 5.91 Å². The summed E-state index contributed by atoms with van der Waals surface area (Å²) in [6.45, 7) is 5.09. The standard InChI is InChI=1S/C9H18N2O3/c1-4-7(9(13)14)11-8(12)5(2)6(3)10/h5-7H,4,10H2,1-3H3,(H,11,12)(H,13,14)/t5?,6?,7-/m1/s1. The Bertz CT molecular complexity index is 216. The maximum absolute atomic E-state index is 11.4. The van der Waals surface area contributed by atoms with Crippen molar-refractivity contribution in [2.45, 2.75) is 39.3 Å². The predicted molar refractivity (Wildman–Crippen MR) is 52.7 cm³/mol. The van der Waals surface area contributed by atoms with Crippen molar-refractivity contribution in [2.24, 2.45) is 11.7 Å². The molecule has 2 unspecified atom stereocenters. The molecule has 0 saturated heterocycles. The van der Waals surface area contributed by atoms with E-state index in [1.807, 2.05) is 0 Å². The van der Waals surface area contributed by atoms with E-state index in [0.29, 0.717) is 6.42 Å². The summed E-state index contributed by atoms with van der Waals surface area (Å²) in [4.78, 5) is 22.0. The lowest BCUT2D eigenvalue weighted by Crippen LogP contribution is -2.46. The summed E-state index contributed by atoms with van der Waals surface area (Å²) >= 11 is 0. The van der Waals surface area contributed by atoms with Gasteiger partial charge < -0.3 is 16.2 Å². The van der Waals surface area contributed by atoms with Crippen LogP contribution in [-0.4, -0.2) is 29.1 Å². The number of hydrogen-bond donors (Lipinski definition) is 3. The maximum atomic E-state index is 11.4. The Balaban J connectivity index is 4.22. The Labute approximate surface area is 83.7 Å². The van der Waals surface area contributed by atoms with Crippen molar-refractivity contribution in [3.8, 4) is 0 Å². The average Bonchev–Trinajstić information content (AvgIpc) is 2.11. The summed E-state index contributed by atoms with van der Waals surface area (Å²) < 4.78 is 0. The van der Waals surface area contributed by atoms with Crippen LogP contribution in [-0.2, 0) is 9.59 Å². The first-order chi connectivity index (χ1) is 6.40. The molecule has 5 nitrogen and oxygen atoms in total. The molecule has 0 aromatic heterocycles. The third kappa shape index (κ3) is 3.74. The second-order valence-corrected chi connectivity index (χ2v) is 3.46. The van der Waals surface area contributed by atoms with E-state index in [9.17, 15) is 9.59 Å². The zero-order chi connectivity index (χ0) is 11.3. The van der Waals surface area contributed by atoms with Crippen LogP contribution in [0.5, 0.6) is 0 Å². The molecule has 0 heterocycles. The molecule has 0 rings (SSSR count). The van der Waals surface area contributed by atoms with Crippen LogP contribution in [0, 0.1) is 5.92 Å². The highest BCUT2D eigenvalue weighted by Crippen LogP contribution is 2.01. The van der Waals surface area contributed by atoms with E-state index in [4.69, 9.17) is 10.8 Å². The molecule has 82 valence electrons. The molecule has 0 fully saturated rings. The van der Waals surface area contributed by atoms with E-state index < -0.39 is 12.0 Å². The van der Waals surface area contributed by atoms with Gasteiger partial charge in [-0.05, 0) is 13.3 Å². The summed E-state index contributed by atoms with van der Waals surface area (Å²) in [5.41, 5.74) is 5.52. The third-order valence-corrected chi connectivity index (χ3v) is 2.23. The molecule has 0 aromatic rings. The molecule has 3 atom stereocenters. The number of amides is 1. The first kappa shape index (κ1) is 12.9. The molecule has 0 aliphatic heterocycles. The number of carboxylic acids is 1. The van der Waals surface area contributed by atoms with Crippen molar-refractivity contribution in [1.29, 1.82) is 0 Å². The average molecular weight is 202 g/mol. The highest BCUT2D eigenvalue weighted by Gasteiger charge is 2.22. The quantitative estimate of drug-likeness (QED) is 0.582. The molecule has 0 saturated carbocycles. The van der Waals surface area contributed by atoms with E-state index in [1.165, 1.54) is 0 Å². The second-order valence-electron chi connectivity index (χ2n) is 3.46. The van der Waals surface area contributed by atoms with Crippen LogP contribution in [0.4, 0.5) is 0 Å². The van der Waals surface area contributed by atoms with Crippen molar-refractivity contribution in [3.63, 3.8) is 0 Å². The molecular formula is C9H18N2O3. The summed E-state index contributed by atoms with van der Waals surface area (Å²) in [5.74, 6) is -1.70. The highest BCUT2D eigenvalue weighted by molar-refractivity contribution is 5.85. The molecule has 0 radical (unpaired) electrons. The van der Waals surface area contributed by atoms with Gasteiger partial charge in [-0.15, -0.1) is 0 Å². The third-order valence-electron chi connectivity index (χ3n) is 2.23. The number of hydrogen-bond acceptors (Lipinski definition) is 3. The summed E-state index contributed by atoms with van der Waals surface area (Å²) in [6, 6.07) is -1.09. The number of carboxylic acid groups (broad SMARTS) is 1. The maximum Gasteiger partial charge on any atom is 0.326 e. The summed E-state index contributed by atoms with van der Waals surface area (Å²) in [5, 5.41) is 11.1. The van der Waals surface area contributed by atoms with Crippen LogP contribution < -0.4 is 11.1 Å². The lowest BCUT2D eigenvalue weighted by atomic mass is 10.0.